The molecule has 1 aliphatic carbocycles. The highest BCUT2D eigenvalue weighted by molar-refractivity contribution is 5.88. The van der Waals surface area contributed by atoms with Crippen LogP contribution in [0.1, 0.15) is 32.8 Å². The number of benzene rings is 1. The van der Waals surface area contributed by atoms with Crippen molar-refractivity contribution in [3.05, 3.63) is 29.8 Å². The van der Waals surface area contributed by atoms with Crippen molar-refractivity contribution in [1.29, 1.82) is 0 Å². The third-order valence-corrected chi connectivity index (χ3v) is 4.00. The van der Waals surface area contributed by atoms with Crippen molar-refractivity contribution in [2.24, 2.45) is 11.1 Å². The van der Waals surface area contributed by atoms with E-state index in [1.54, 1.807) is 0 Å². The summed E-state index contributed by atoms with van der Waals surface area (Å²) < 4.78 is 0. The number of hydrogen-bond acceptors (Lipinski definition) is 2. The number of amides is 1. The number of nitrogens with one attached hydrogen (secondary N) is 1. The van der Waals surface area contributed by atoms with Crippen molar-refractivity contribution in [2.45, 2.75) is 32.6 Å². The van der Waals surface area contributed by atoms with Crippen molar-refractivity contribution >= 4 is 11.6 Å². The van der Waals surface area contributed by atoms with Crippen LogP contribution >= 0.6 is 0 Å². The molecule has 3 heteroatoms. The van der Waals surface area contributed by atoms with E-state index in [0.717, 1.165) is 12.1 Å². The summed E-state index contributed by atoms with van der Waals surface area (Å²) in [6, 6.07) is 8.03. The Hall–Kier alpha value is -1.35. The van der Waals surface area contributed by atoms with Crippen molar-refractivity contribution in [1.82, 2.24) is 0 Å². The third-order valence-electron chi connectivity index (χ3n) is 4.00. The molecule has 3 N–H and O–H groups in total. The van der Waals surface area contributed by atoms with Crippen LogP contribution in [0.4, 0.5) is 5.69 Å². The van der Waals surface area contributed by atoms with Gasteiger partial charge in [-0.1, -0.05) is 26.0 Å². The van der Waals surface area contributed by atoms with Gasteiger partial charge in [0.2, 0.25) is 5.91 Å². The van der Waals surface area contributed by atoms with E-state index in [9.17, 15) is 4.79 Å². The number of hydrogen-bond donors (Lipinski definition) is 2. The molecule has 0 bridgehead atoms. The Labute approximate surface area is 102 Å². The number of nitrogens with two attached hydrogens (primary N) is 1. The van der Waals surface area contributed by atoms with E-state index < -0.39 is 0 Å². The Morgan fingerprint density at radius 2 is 2.12 bits per heavy atom. The maximum absolute atomic E-state index is 11.1. The van der Waals surface area contributed by atoms with Gasteiger partial charge in [-0.2, -0.15) is 0 Å². The molecule has 1 amide bonds. The monoisotopic (exact) mass is 232 g/mol. The summed E-state index contributed by atoms with van der Waals surface area (Å²) in [5.74, 6) is -0.0426. The number of carbonyl (C=O) groups excluding carboxylic acids is 1. The van der Waals surface area contributed by atoms with E-state index in [2.05, 4.69) is 25.2 Å². The molecule has 3 nitrogen and oxygen atoms in total. The minimum atomic E-state index is -0.0426. The molecule has 0 saturated heterocycles. The van der Waals surface area contributed by atoms with Crippen LogP contribution in [0.2, 0.25) is 0 Å². The third kappa shape index (κ3) is 1.95. The van der Waals surface area contributed by atoms with Crippen LogP contribution < -0.4 is 11.1 Å². The second-order valence-electron chi connectivity index (χ2n) is 5.61. The molecule has 1 aliphatic rings. The molecule has 1 aromatic rings. The number of anilines is 1. The van der Waals surface area contributed by atoms with Gasteiger partial charge in [-0.05, 0) is 29.5 Å². The number of carbonyl (C=O) groups is 1. The van der Waals surface area contributed by atoms with Gasteiger partial charge >= 0.3 is 0 Å². The lowest BCUT2D eigenvalue weighted by Crippen LogP contribution is -2.25. The van der Waals surface area contributed by atoms with Crippen molar-refractivity contribution in [3.63, 3.8) is 0 Å². The lowest BCUT2D eigenvalue weighted by molar-refractivity contribution is -0.114. The smallest absolute Gasteiger partial charge is 0.221 e. The molecular formula is C14H20N2O. The molecule has 0 heterocycles. The Morgan fingerprint density at radius 1 is 1.47 bits per heavy atom. The molecule has 1 atom stereocenters. The van der Waals surface area contributed by atoms with Gasteiger partial charge in [0.1, 0.15) is 0 Å². The summed E-state index contributed by atoms with van der Waals surface area (Å²) in [7, 11) is 0. The highest BCUT2D eigenvalue weighted by Gasteiger charge is 2.60. The second-order valence-corrected chi connectivity index (χ2v) is 5.61. The predicted molar refractivity (Wildman–Crippen MR) is 69.9 cm³/mol. The normalized spacial score (nSPS) is 25.4. The summed E-state index contributed by atoms with van der Waals surface area (Å²) in [6.07, 6.45) is 1.11. The lowest BCUT2D eigenvalue weighted by Gasteiger charge is -2.19. The molecule has 92 valence electrons. The molecule has 1 fully saturated rings. The van der Waals surface area contributed by atoms with Gasteiger partial charge in [-0.3, -0.25) is 4.79 Å². The van der Waals surface area contributed by atoms with Crippen molar-refractivity contribution in [2.75, 3.05) is 11.9 Å². The fraction of sp³-hybridized carbons (Fsp3) is 0.500. The second kappa shape index (κ2) is 3.84. The molecular weight excluding hydrogens is 212 g/mol. The highest BCUT2D eigenvalue weighted by Crippen LogP contribution is 2.63. The predicted octanol–water partition coefficient (Wildman–Crippen LogP) is 2.27. The maximum atomic E-state index is 11.1. The summed E-state index contributed by atoms with van der Waals surface area (Å²) >= 11 is 0. The molecule has 17 heavy (non-hydrogen) atoms. The van der Waals surface area contributed by atoms with Crippen molar-refractivity contribution in [3.8, 4) is 0 Å². The molecule has 0 spiro atoms. The zero-order valence-electron chi connectivity index (χ0n) is 10.7. The van der Waals surface area contributed by atoms with Gasteiger partial charge in [0.05, 0.1) is 0 Å². The standard InChI is InChI=1S/C14H20N2O/c1-10(17)16-12-6-4-5-11(7-12)14(9-15)8-13(14,2)3/h4-7H,8-9,15H2,1-3H3,(H,16,17). The first-order valence-electron chi connectivity index (χ1n) is 5.99. The summed E-state index contributed by atoms with van der Waals surface area (Å²) in [6.45, 7) is 6.66. The summed E-state index contributed by atoms with van der Waals surface area (Å²) in [4.78, 5) is 11.1. The molecule has 0 aliphatic heterocycles. The van der Waals surface area contributed by atoms with Crippen molar-refractivity contribution < 1.29 is 4.79 Å². The Kier molecular flexibility index (Phi) is 2.74. The van der Waals surface area contributed by atoms with Crippen LogP contribution in [0, 0.1) is 5.41 Å². The molecule has 0 radical (unpaired) electrons. The van der Waals surface area contributed by atoms with E-state index >= 15 is 0 Å². The van der Waals surface area contributed by atoms with Crippen LogP contribution in [-0.4, -0.2) is 12.5 Å². The van der Waals surface area contributed by atoms with Gasteiger partial charge in [0.25, 0.3) is 0 Å². The van der Waals surface area contributed by atoms with Gasteiger partial charge in [-0.25, -0.2) is 0 Å². The highest BCUT2D eigenvalue weighted by atomic mass is 16.1. The molecule has 2 rings (SSSR count). The topological polar surface area (TPSA) is 55.1 Å². The number of rotatable bonds is 3. The maximum Gasteiger partial charge on any atom is 0.221 e. The van der Waals surface area contributed by atoms with Crippen LogP contribution in [0.3, 0.4) is 0 Å². The zero-order chi connectivity index (χ0) is 12.7. The molecule has 0 aromatic heterocycles. The first-order chi connectivity index (χ1) is 7.91. The van der Waals surface area contributed by atoms with Crippen LogP contribution in [-0.2, 0) is 10.2 Å². The Morgan fingerprint density at radius 3 is 2.59 bits per heavy atom. The van der Waals surface area contributed by atoms with Gasteiger partial charge < -0.3 is 11.1 Å². The Balaban J connectivity index is 2.31. The van der Waals surface area contributed by atoms with E-state index in [4.69, 9.17) is 5.73 Å². The fourth-order valence-corrected chi connectivity index (χ4v) is 2.77. The fourth-order valence-electron chi connectivity index (χ4n) is 2.77. The summed E-state index contributed by atoms with van der Waals surface area (Å²) in [5, 5.41) is 2.82. The minimum Gasteiger partial charge on any atom is -0.330 e. The van der Waals surface area contributed by atoms with E-state index in [0.29, 0.717) is 6.54 Å². The lowest BCUT2D eigenvalue weighted by atomic mass is 9.88. The molecule has 1 saturated carbocycles. The van der Waals surface area contributed by atoms with Gasteiger partial charge in [0, 0.05) is 24.6 Å². The minimum absolute atomic E-state index is 0.0426. The van der Waals surface area contributed by atoms with E-state index in [1.165, 1.54) is 12.5 Å². The first kappa shape index (κ1) is 12.1. The Bertz CT molecular complexity index is 453. The van der Waals surface area contributed by atoms with Crippen LogP contribution in [0.5, 0.6) is 0 Å². The van der Waals surface area contributed by atoms with E-state index in [-0.39, 0.29) is 16.7 Å². The molecule has 1 unspecified atom stereocenters. The van der Waals surface area contributed by atoms with Gasteiger partial charge in [0.15, 0.2) is 0 Å². The van der Waals surface area contributed by atoms with E-state index in [1.807, 2.05) is 18.2 Å². The SMILES string of the molecule is CC(=O)Nc1cccc(C2(CN)CC2(C)C)c1. The quantitative estimate of drug-likeness (QED) is 0.840. The van der Waals surface area contributed by atoms with Gasteiger partial charge in [-0.15, -0.1) is 0 Å². The van der Waals surface area contributed by atoms with Crippen LogP contribution in [0.25, 0.3) is 0 Å². The first-order valence-corrected chi connectivity index (χ1v) is 5.99. The van der Waals surface area contributed by atoms with Crippen LogP contribution in [0.15, 0.2) is 24.3 Å². The largest absolute Gasteiger partial charge is 0.330 e. The zero-order valence-corrected chi connectivity index (χ0v) is 10.7. The summed E-state index contributed by atoms with van der Waals surface area (Å²) in [5.41, 5.74) is 8.37. The average molecular weight is 232 g/mol. The average Bonchev–Trinajstić information content (AvgIpc) is 2.82. The molecule has 1 aromatic carbocycles.